The van der Waals surface area contributed by atoms with Gasteiger partial charge in [-0.1, -0.05) is 18.2 Å². The fourth-order valence-electron chi connectivity index (χ4n) is 4.97. The van der Waals surface area contributed by atoms with E-state index < -0.39 is 0 Å². The van der Waals surface area contributed by atoms with Gasteiger partial charge in [0.15, 0.2) is 11.6 Å². The van der Waals surface area contributed by atoms with Gasteiger partial charge in [-0.15, -0.1) is 0 Å². The molecule has 1 saturated heterocycles. The van der Waals surface area contributed by atoms with Crippen molar-refractivity contribution in [3.05, 3.63) is 65.0 Å². The van der Waals surface area contributed by atoms with Crippen molar-refractivity contribution in [3.63, 3.8) is 0 Å². The SMILES string of the molecule is COc1cc([C@@H](C)NC2CC[C@H](c3ccc(C(=O)NC4CCNCC4)cc3)C2)ccc1F. The Hall–Kier alpha value is -2.44. The Labute approximate surface area is 190 Å². The Morgan fingerprint density at radius 2 is 1.81 bits per heavy atom. The minimum atomic E-state index is -0.336. The van der Waals surface area contributed by atoms with Gasteiger partial charge in [-0.3, -0.25) is 4.79 Å². The lowest BCUT2D eigenvalue weighted by atomic mass is 9.96. The number of piperidine rings is 1. The van der Waals surface area contributed by atoms with E-state index in [4.69, 9.17) is 4.74 Å². The van der Waals surface area contributed by atoms with Crippen LogP contribution in [0.15, 0.2) is 42.5 Å². The maximum absolute atomic E-state index is 13.7. The van der Waals surface area contributed by atoms with Crippen molar-refractivity contribution < 1.29 is 13.9 Å². The molecule has 3 atom stereocenters. The zero-order valence-electron chi connectivity index (χ0n) is 19.0. The van der Waals surface area contributed by atoms with Crippen molar-refractivity contribution in [2.75, 3.05) is 20.2 Å². The maximum Gasteiger partial charge on any atom is 0.251 e. The lowest BCUT2D eigenvalue weighted by Crippen LogP contribution is -2.42. The molecule has 2 fully saturated rings. The molecule has 3 N–H and O–H groups in total. The number of carbonyl (C=O) groups excluding carboxylic acids is 1. The Morgan fingerprint density at radius 1 is 1.06 bits per heavy atom. The van der Waals surface area contributed by atoms with Crippen molar-refractivity contribution in [2.45, 2.75) is 63.1 Å². The smallest absolute Gasteiger partial charge is 0.251 e. The summed E-state index contributed by atoms with van der Waals surface area (Å²) in [5, 5.41) is 10.2. The van der Waals surface area contributed by atoms with Crippen LogP contribution >= 0.6 is 0 Å². The first kappa shape index (κ1) is 22.7. The maximum atomic E-state index is 13.7. The Morgan fingerprint density at radius 3 is 2.53 bits per heavy atom. The summed E-state index contributed by atoms with van der Waals surface area (Å²) in [5.74, 6) is 0.462. The average molecular weight is 440 g/mol. The van der Waals surface area contributed by atoms with Gasteiger partial charge in [0.25, 0.3) is 5.91 Å². The van der Waals surface area contributed by atoms with Crippen LogP contribution in [0.25, 0.3) is 0 Å². The quantitative estimate of drug-likeness (QED) is 0.602. The Balaban J connectivity index is 1.30. The number of benzene rings is 2. The summed E-state index contributed by atoms with van der Waals surface area (Å²) in [4.78, 5) is 12.5. The summed E-state index contributed by atoms with van der Waals surface area (Å²) in [5.41, 5.74) is 3.05. The number of amides is 1. The molecule has 32 heavy (non-hydrogen) atoms. The minimum absolute atomic E-state index is 0.0259. The summed E-state index contributed by atoms with van der Waals surface area (Å²) in [7, 11) is 1.49. The first-order chi connectivity index (χ1) is 15.5. The normalized spacial score (nSPS) is 22.5. The monoisotopic (exact) mass is 439 g/mol. The fourth-order valence-corrected chi connectivity index (χ4v) is 4.97. The van der Waals surface area contributed by atoms with Gasteiger partial charge < -0.3 is 20.7 Å². The highest BCUT2D eigenvalue weighted by atomic mass is 19.1. The summed E-state index contributed by atoms with van der Waals surface area (Å²) in [6, 6.07) is 14.0. The van der Waals surface area contributed by atoms with Crippen LogP contribution in [0.4, 0.5) is 4.39 Å². The van der Waals surface area contributed by atoms with E-state index in [1.807, 2.05) is 18.2 Å². The van der Waals surface area contributed by atoms with Crippen molar-refractivity contribution in [2.24, 2.45) is 0 Å². The highest BCUT2D eigenvalue weighted by Crippen LogP contribution is 2.36. The second kappa shape index (κ2) is 10.5. The number of ether oxygens (including phenoxy) is 1. The number of hydrogen-bond acceptors (Lipinski definition) is 4. The lowest BCUT2D eigenvalue weighted by Gasteiger charge is -2.23. The minimum Gasteiger partial charge on any atom is -0.494 e. The molecule has 4 rings (SSSR count). The number of carbonyl (C=O) groups is 1. The van der Waals surface area contributed by atoms with E-state index in [1.54, 1.807) is 6.07 Å². The second-order valence-corrected chi connectivity index (χ2v) is 9.11. The van der Waals surface area contributed by atoms with Crippen LogP contribution in [0.5, 0.6) is 5.75 Å². The molecule has 1 amide bonds. The second-order valence-electron chi connectivity index (χ2n) is 9.11. The summed E-state index contributed by atoms with van der Waals surface area (Å²) in [6.07, 6.45) is 5.26. The topological polar surface area (TPSA) is 62.4 Å². The lowest BCUT2D eigenvalue weighted by molar-refractivity contribution is 0.0929. The van der Waals surface area contributed by atoms with E-state index in [0.717, 1.165) is 56.3 Å². The van der Waals surface area contributed by atoms with E-state index in [2.05, 4.69) is 35.0 Å². The van der Waals surface area contributed by atoms with Gasteiger partial charge in [-0.2, -0.15) is 0 Å². The third-order valence-corrected chi connectivity index (χ3v) is 6.91. The van der Waals surface area contributed by atoms with Gasteiger partial charge in [0, 0.05) is 23.7 Å². The van der Waals surface area contributed by atoms with Crippen LogP contribution in [0.1, 0.15) is 72.5 Å². The molecule has 172 valence electrons. The number of hydrogen-bond donors (Lipinski definition) is 3. The molecule has 1 unspecified atom stereocenters. The standard InChI is InChI=1S/C26H34FN3O2/c1-17(20-8-10-24(27)25(16-20)32-2)29-23-9-7-21(15-23)18-3-5-19(6-4-18)26(31)30-22-11-13-28-14-12-22/h3-6,8,10,16-17,21-23,28-29H,7,9,11-15H2,1-2H3,(H,30,31)/t17-,21+,23?/m1/s1. The van der Waals surface area contributed by atoms with Gasteiger partial charge in [0.1, 0.15) is 0 Å². The van der Waals surface area contributed by atoms with E-state index in [1.165, 1.54) is 18.7 Å². The third kappa shape index (κ3) is 5.48. The summed E-state index contributed by atoms with van der Waals surface area (Å²) in [6.45, 7) is 4.04. The molecule has 1 heterocycles. The molecule has 2 aliphatic rings. The third-order valence-electron chi connectivity index (χ3n) is 6.91. The van der Waals surface area contributed by atoms with Crippen molar-refractivity contribution >= 4 is 5.91 Å². The van der Waals surface area contributed by atoms with Crippen LogP contribution in [0.3, 0.4) is 0 Å². The molecular weight excluding hydrogens is 405 g/mol. The zero-order chi connectivity index (χ0) is 22.5. The van der Waals surface area contributed by atoms with E-state index in [-0.39, 0.29) is 29.6 Å². The van der Waals surface area contributed by atoms with Crippen LogP contribution in [0, 0.1) is 5.82 Å². The molecule has 2 aromatic rings. The highest BCUT2D eigenvalue weighted by Gasteiger charge is 2.27. The number of rotatable bonds is 7. The molecule has 0 spiro atoms. The number of methoxy groups -OCH3 is 1. The van der Waals surface area contributed by atoms with Crippen molar-refractivity contribution in [1.29, 1.82) is 0 Å². The predicted molar refractivity (Wildman–Crippen MR) is 125 cm³/mol. The molecule has 0 aromatic heterocycles. The van der Waals surface area contributed by atoms with Gasteiger partial charge in [0.2, 0.25) is 0 Å². The summed E-state index contributed by atoms with van der Waals surface area (Å²) < 4.78 is 18.8. The van der Waals surface area contributed by atoms with Crippen molar-refractivity contribution in [1.82, 2.24) is 16.0 Å². The van der Waals surface area contributed by atoms with Gasteiger partial charge in [0.05, 0.1) is 7.11 Å². The average Bonchev–Trinajstić information content (AvgIpc) is 3.28. The summed E-state index contributed by atoms with van der Waals surface area (Å²) >= 11 is 0. The molecule has 1 aliphatic carbocycles. The molecule has 0 radical (unpaired) electrons. The first-order valence-corrected chi connectivity index (χ1v) is 11.7. The zero-order valence-corrected chi connectivity index (χ0v) is 19.0. The molecule has 1 saturated carbocycles. The first-order valence-electron chi connectivity index (χ1n) is 11.7. The molecular formula is C26H34FN3O2. The van der Waals surface area contributed by atoms with Crippen LogP contribution in [-0.4, -0.2) is 38.2 Å². The van der Waals surface area contributed by atoms with Crippen LogP contribution in [0.2, 0.25) is 0 Å². The van der Waals surface area contributed by atoms with E-state index >= 15 is 0 Å². The van der Waals surface area contributed by atoms with Crippen LogP contribution < -0.4 is 20.7 Å². The largest absolute Gasteiger partial charge is 0.494 e. The van der Waals surface area contributed by atoms with Gasteiger partial charge >= 0.3 is 0 Å². The molecule has 1 aliphatic heterocycles. The predicted octanol–water partition coefficient (Wildman–Crippen LogP) is 4.30. The van der Waals surface area contributed by atoms with Crippen molar-refractivity contribution in [3.8, 4) is 5.75 Å². The number of halogens is 1. The molecule has 5 nitrogen and oxygen atoms in total. The highest BCUT2D eigenvalue weighted by molar-refractivity contribution is 5.94. The van der Waals surface area contributed by atoms with Crippen LogP contribution in [-0.2, 0) is 0 Å². The van der Waals surface area contributed by atoms with E-state index in [0.29, 0.717) is 12.0 Å². The molecule has 6 heteroatoms. The molecule has 2 aromatic carbocycles. The fraction of sp³-hybridized carbons (Fsp3) is 0.500. The Kier molecular flexibility index (Phi) is 7.43. The Bertz CT molecular complexity index is 912. The van der Waals surface area contributed by atoms with E-state index in [9.17, 15) is 9.18 Å². The number of nitrogens with one attached hydrogen (secondary N) is 3. The molecule has 0 bridgehead atoms. The van der Waals surface area contributed by atoms with Gasteiger partial charge in [-0.25, -0.2) is 4.39 Å². The van der Waals surface area contributed by atoms with Gasteiger partial charge in [-0.05, 0) is 93.4 Å².